The topological polar surface area (TPSA) is 36.4 Å². The summed E-state index contributed by atoms with van der Waals surface area (Å²) in [5, 5.41) is 10.7. The first-order chi connectivity index (χ1) is 10.2. The number of benzene rings is 1. The van der Waals surface area contributed by atoms with E-state index in [1.807, 2.05) is 19.2 Å². The van der Waals surface area contributed by atoms with Gasteiger partial charge >= 0.3 is 0 Å². The molecule has 2 heterocycles. The minimum absolute atomic E-state index is 0.211. The lowest BCUT2D eigenvalue weighted by molar-refractivity contribution is 0.131. The lowest BCUT2D eigenvalue weighted by Crippen LogP contribution is -2.31. The third kappa shape index (κ3) is 3.70. The van der Waals surface area contributed by atoms with Crippen LogP contribution in [0.5, 0.6) is 0 Å². The van der Waals surface area contributed by atoms with Gasteiger partial charge in [-0.25, -0.2) is 4.98 Å². The smallest absolute Gasteiger partial charge is 0.123 e. The van der Waals surface area contributed by atoms with Gasteiger partial charge in [0.05, 0.1) is 6.10 Å². The van der Waals surface area contributed by atoms with E-state index in [4.69, 9.17) is 0 Å². The summed E-state index contributed by atoms with van der Waals surface area (Å²) < 4.78 is 0. The molecule has 0 amide bonds. The Labute approximate surface area is 130 Å². The maximum absolute atomic E-state index is 9.61. The van der Waals surface area contributed by atoms with Crippen molar-refractivity contribution in [2.75, 3.05) is 6.54 Å². The molecule has 1 aliphatic rings. The van der Waals surface area contributed by atoms with E-state index in [9.17, 15) is 5.11 Å². The summed E-state index contributed by atoms with van der Waals surface area (Å²) in [5.74, 6) is 0. The van der Waals surface area contributed by atoms with Gasteiger partial charge in [0.25, 0.3) is 0 Å². The van der Waals surface area contributed by atoms with Crippen LogP contribution in [0.1, 0.15) is 31.1 Å². The van der Waals surface area contributed by atoms with Crippen LogP contribution in [-0.2, 0) is 6.54 Å². The molecule has 112 valence electrons. The van der Waals surface area contributed by atoms with Crippen molar-refractivity contribution in [1.29, 1.82) is 0 Å². The number of rotatable bonds is 5. The zero-order chi connectivity index (χ0) is 14.7. The molecule has 0 bridgehead atoms. The highest BCUT2D eigenvalue weighted by Gasteiger charge is 2.26. The quantitative estimate of drug-likeness (QED) is 0.917. The first kappa shape index (κ1) is 14.7. The minimum atomic E-state index is -0.211. The van der Waals surface area contributed by atoms with Crippen LogP contribution in [0.4, 0.5) is 0 Å². The van der Waals surface area contributed by atoms with Gasteiger partial charge in [0.15, 0.2) is 0 Å². The summed E-state index contributed by atoms with van der Waals surface area (Å²) in [6.45, 7) is 3.98. The zero-order valence-electron chi connectivity index (χ0n) is 12.4. The summed E-state index contributed by atoms with van der Waals surface area (Å²) in [6, 6.07) is 10.9. The molecular formula is C17H22N2OS. The highest BCUT2D eigenvalue weighted by molar-refractivity contribution is 7.15. The Hall–Kier alpha value is -1.23. The number of hydrogen-bond acceptors (Lipinski definition) is 4. The lowest BCUT2D eigenvalue weighted by atomic mass is 10.1. The summed E-state index contributed by atoms with van der Waals surface area (Å²) >= 11 is 1.78. The summed E-state index contributed by atoms with van der Waals surface area (Å²) in [7, 11) is 0. The molecular weight excluding hydrogens is 280 g/mol. The van der Waals surface area contributed by atoms with Crippen LogP contribution >= 0.6 is 11.3 Å². The van der Waals surface area contributed by atoms with E-state index in [1.54, 1.807) is 11.3 Å². The standard InChI is InChI=1S/C17H22N2OS/c1-13(20)10-15-8-5-9-19(15)12-16-11-18-17(21-16)14-6-3-2-4-7-14/h2-4,6-7,11,13,15,20H,5,8-10,12H2,1H3. The molecule has 21 heavy (non-hydrogen) atoms. The molecule has 1 aromatic heterocycles. The molecule has 1 saturated heterocycles. The fourth-order valence-electron chi connectivity index (χ4n) is 3.06. The van der Waals surface area contributed by atoms with Crippen molar-refractivity contribution in [1.82, 2.24) is 9.88 Å². The number of nitrogens with zero attached hydrogens (tertiary/aromatic N) is 2. The van der Waals surface area contributed by atoms with Crippen molar-refractivity contribution in [2.24, 2.45) is 0 Å². The highest BCUT2D eigenvalue weighted by atomic mass is 32.1. The van der Waals surface area contributed by atoms with Gasteiger partial charge in [-0.1, -0.05) is 30.3 Å². The number of thiazole rings is 1. The largest absolute Gasteiger partial charge is 0.393 e. The van der Waals surface area contributed by atoms with E-state index in [1.165, 1.54) is 23.3 Å². The van der Waals surface area contributed by atoms with Crippen LogP contribution in [0.3, 0.4) is 0 Å². The molecule has 1 N–H and O–H groups in total. The fourth-order valence-corrected chi connectivity index (χ4v) is 4.00. The Kier molecular flexibility index (Phi) is 4.68. The molecule has 0 saturated carbocycles. The summed E-state index contributed by atoms with van der Waals surface area (Å²) in [4.78, 5) is 8.36. The van der Waals surface area contributed by atoms with Gasteiger partial charge in [0.1, 0.15) is 5.01 Å². The Morgan fingerprint density at radius 3 is 2.95 bits per heavy atom. The minimum Gasteiger partial charge on any atom is -0.393 e. The molecule has 2 atom stereocenters. The molecule has 0 spiro atoms. The van der Waals surface area contributed by atoms with Crippen molar-refractivity contribution < 1.29 is 5.11 Å². The Morgan fingerprint density at radius 1 is 1.38 bits per heavy atom. The number of aliphatic hydroxyl groups is 1. The van der Waals surface area contributed by atoms with Crippen LogP contribution in [0.15, 0.2) is 36.5 Å². The maximum Gasteiger partial charge on any atom is 0.123 e. The predicted molar refractivity (Wildman–Crippen MR) is 87.3 cm³/mol. The van der Waals surface area contributed by atoms with Crippen molar-refractivity contribution in [3.05, 3.63) is 41.4 Å². The third-order valence-corrected chi connectivity index (χ3v) is 5.08. The second-order valence-corrected chi connectivity index (χ2v) is 6.96. The third-order valence-electron chi connectivity index (χ3n) is 4.05. The Balaban J connectivity index is 1.67. The van der Waals surface area contributed by atoms with E-state index in [0.717, 1.165) is 24.5 Å². The lowest BCUT2D eigenvalue weighted by Gasteiger charge is -2.24. The van der Waals surface area contributed by atoms with Gasteiger partial charge < -0.3 is 5.11 Å². The number of aromatic nitrogens is 1. The number of hydrogen-bond donors (Lipinski definition) is 1. The average molecular weight is 302 g/mol. The van der Waals surface area contributed by atoms with Gasteiger partial charge in [0, 0.05) is 29.2 Å². The van der Waals surface area contributed by atoms with E-state index >= 15 is 0 Å². The van der Waals surface area contributed by atoms with Crippen molar-refractivity contribution in [2.45, 2.75) is 44.9 Å². The SMILES string of the molecule is CC(O)CC1CCCN1Cc1cnc(-c2ccccc2)s1. The molecule has 2 unspecified atom stereocenters. The Bertz CT molecular complexity index is 567. The van der Waals surface area contributed by atoms with Gasteiger partial charge in [-0.05, 0) is 32.7 Å². The molecule has 3 rings (SSSR count). The molecule has 1 aromatic carbocycles. The maximum atomic E-state index is 9.61. The van der Waals surface area contributed by atoms with Crippen LogP contribution in [0, 0.1) is 0 Å². The molecule has 0 aliphatic carbocycles. The summed E-state index contributed by atoms with van der Waals surface area (Å²) in [5.41, 5.74) is 1.19. The molecule has 1 aliphatic heterocycles. The van der Waals surface area contributed by atoms with Crippen molar-refractivity contribution in [3.63, 3.8) is 0 Å². The fraction of sp³-hybridized carbons (Fsp3) is 0.471. The monoisotopic (exact) mass is 302 g/mol. The van der Waals surface area contributed by atoms with E-state index in [-0.39, 0.29) is 6.10 Å². The van der Waals surface area contributed by atoms with Crippen LogP contribution < -0.4 is 0 Å². The average Bonchev–Trinajstić information content (AvgIpc) is 3.10. The van der Waals surface area contributed by atoms with E-state index < -0.39 is 0 Å². The number of likely N-dealkylation sites (tertiary alicyclic amines) is 1. The molecule has 2 aromatic rings. The van der Waals surface area contributed by atoms with Gasteiger partial charge in [-0.3, -0.25) is 4.90 Å². The molecule has 3 nitrogen and oxygen atoms in total. The molecule has 4 heteroatoms. The van der Waals surface area contributed by atoms with Crippen molar-refractivity contribution >= 4 is 11.3 Å². The van der Waals surface area contributed by atoms with Crippen LogP contribution in [0.25, 0.3) is 10.6 Å². The first-order valence-electron chi connectivity index (χ1n) is 7.64. The van der Waals surface area contributed by atoms with Gasteiger partial charge in [-0.2, -0.15) is 0 Å². The second-order valence-electron chi connectivity index (χ2n) is 5.85. The van der Waals surface area contributed by atoms with E-state index in [2.05, 4.69) is 34.1 Å². The summed E-state index contributed by atoms with van der Waals surface area (Å²) in [6.07, 6.45) is 5.11. The normalized spacial score (nSPS) is 20.8. The second kappa shape index (κ2) is 6.69. The zero-order valence-corrected chi connectivity index (χ0v) is 13.2. The van der Waals surface area contributed by atoms with Gasteiger partial charge in [-0.15, -0.1) is 11.3 Å². The van der Waals surface area contributed by atoms with Crippen molar-refractivity contribution in [3.8, 4) is 10.6 Å². The van der Waals surface area contributed by atoms with Crippen LogP contribution in [-0.4, -0.2) is 33.7 Å². The number of aliphatic hydroxyl groups excluding tert-OH is 1. The van der Waals surface area contributed by atoms with Crippen LogP contribution in [0.2, 0.25) is 0 Å². The predicted octanol–water partition coefficient (Wildman–Crippen LogP) is 3.55. The highest BCUT2D eigenvalue weighted by Crippen LogP contribution is 2.29. The molecule has 0 radical (unpaired) electrons. The molecule has 1 fully saturated rings. The van der Waals surface area contributed by atoms with E-state index in [0.29, 0.717) is 6.04 Å². The van der Waals surface area contributed by atoms with Gasteiger partial charge in [0.2, 0.25) is 0 Å². The Morgan fingerprint density at radius 2 is 2.19 bits per heavy atom. The first-order valence-corrected chi connectivity index (χ1v) is 8.46.